The van der Waals surface area contributed by atoms with E-state index in [2.05, 4.69) is 31.2 Å². The smallest absolute Gasteiger partial charge is 0.379 e. The highest BCUT2D eigenvalue weighted by Gasteiger charge is 2.65. The van der Waals surface area contributed by atoms with Gasteiger partial charge in [-0.2, -0.15) is 13.2 Å². The molecule has 0 radical (unpaired) electrons. The predicted octanol–water partition coefficient (Wildman–Crippen LogP) is 3.72. The Hall–Kier alpha value is -6.03. The summed E-state index contributed by atoms with van der Waals surface area (Å²) in [4.78, 5) is 85.4. The van der Waals surface area contributed by atoms with E-state index in [9.17, 15) is 41.9 Å². The number of benzene rings is 1. The van der Waals surface area contributed by atoms with Crippen LogP contribution < -0.4 is 27.0 Å². The number of likely N-dealkylation sites (tertiary alicyclic amines) is 1. The molecule has 6 rings (SSSR count). The first-order chi connectivity index (χ1) is 33.0. The summed E-state index contributed by atoms with van der Waals surface area (Å²) in [6.45, 7) is 4.55. The number of alkyl halides is 3. The normalized spacial score (nSPS) is 24.7. The van der Waals surface area contributed by atoms with Gasteiger partial charge in [0.2, 0.25) is 23.6 Å². The second-order valence-corrected chi connectivity index (χ2v) is 17.7. The summed E-state index contributed by atoms with van der Waals surface area (Å²) in [5.74, 6) is -5.17. The Balaban J connectivity index is 0.819. The maximum atomic E-state index is 14.4. The first kappa shape index (κ1) is 52.3. The van der Waals surface area contributed by atoms with E-state index in [0.29, 0.717) is 69.8 Å². The lowest BCUT2D eigenvalue weighted by Crippen LogP contribution is -2.47. The average Bonchev–Trinajstić information content (AvgIpc) is 3.79. The topological polar surface area (TPSA) is 242 Å². The van der Waals surface area contributed by atoms with Crippen molar-refractivity contribution in [2.45, 2.75) is 94.8 Å². The third-order valence-electron chi connectivity index (χ3n) is 13.2. The number of hydrogen-bond donors (Lipinski definition) is 5. The van der Waals surface area contributed by atoms with Crippen LogP contribution in [0.25, 0.3) is 0 Å². The van der Waals surface area contributed by atoms with Gasteiger partial charge in [0, 0.05) is 81.1 Å². The van der Waals surface area contributed by atoms with Gasteiger partial charge in [0.25, 0.3) is 11.8 Å². The molecule has 1 aromatic carbocycles. The summed E-state index contributed by atoms with van der Waals surface area (Å²) in [7, 11) is 1.69. The van der Waals surface area contributed by atoms with Gasteiger partial charge in [-0.05, 0) is 67.5 Å². The van der Waals surface area contributed by atoms with Gasteiger partial charge in [0.1, 0.15) is 11.8 Å². The predicted molar refractivity (Wildman–Crippen MR) is 243 cm³/mol. The number of carbonyl (C=O) groups is 6. The van der Waals surface area contributed by atoms with Gasteiger partial charge in [-0.3, -0.25) is 38.7 Å². The van der Waals surface area contributed by atoms with Gasteiger partial charge >= 0.3 is 6.18 Å². The summed E-state index contributed by atoms with van der Waals surface area (Å²) < 4.78 is 65.3. The van der Waals surface area contributed by atoms with Crippen LogP contribution in [-0.4, -0.2) is 127 Å². The summed E-state index contributed by atoms with van der Waals surface area (Å²) in [5, 5.41) is 11.4. The van der Waals surface area contributed by atoms with Gasteiger partial charge in [-0.15, -0.1) is 0 Å². The first-order valence-electron chi connectivity index (χ1n) is 23.1. The van der Waals surface area contributed by atoms with E-state index in [0.717, 1.165) is 12.5 Å². The summed E-state index contributed by atoms with van der Waals surface area (Å²) >= 11 is 0. The van der Waals surface area contributed by atoms with Crippen LogP contribution in [0, 0.1) is 17.8 Å². The molecule has 69 heavy (non-hydrogen) atoms. The van der Waals surface area contributed by atoms with E-state index in [-0.39, 0.29) is 85.6 Å². The SMILES string of the molecule is C[C@H]1[C@@H](c2ccc(CNC(=O)C3CCC(NC(=O)CCOCCOCCOCCNC(=O)[C@H]4CC(=O)N(C)[C@@H]4c4cccnc4)CC3)cc2)[C@H](C(=O)Nc2ccnc(C(N)=O)c2)O[C@@]1(C)C(F)(F)F. The van der Waals surface area contributed by atoms with Crippen LogP contribution in [0.4, 0.5) is 18.9 Å². The Morgan fingerprint density at radius 1 is 0.870 bits per heavy atom. The fourth-order valence-corrected chi connectivity index (χ4v) is 9.10. The lowest BCUT2D eigenvalue weighted by Gasteiger charge is -2.31. The number of hydrogen-bond acceptors (Lipinski definition) is 12. The van der Waals surface area contributed by atoms with E-state index >= 15 is 0 Å². The zero-order valence-corrected chi connectivity index (χ0v) is 38.9. The van der Waals surface area contributed by atoms with Crippen molar-refractivity contribution in [3.05, 3.63) is 89.5 Å². The van der Waals surface area contributed by atoms with Crippen molar-refractivity contribution in [3.8, 4) is 0 Å². The van der Waals surface area contributed by atoms with Crippen LogP contribution in [0.15, 0.2) is 67.1 Å². The van der Waals surface area contributed by atoms with Crippen molar-refractivity contribution in [3.63, 3.8) is 0 Å². The van der Waals surface area contributed by atoms with Crippen molar-refractivity contribution < 1.29 is 60.9 Å². The molecule has 2 aliphatic heterocycles. The fraction of sp³-hybridized carbons (Fsp3) is 0.542. The number of nitrogens with one attached hydrogen (secondary N) is 4. The molecular weight excluding hydrogens is 906 g/mol. The van der Waals surface area contributed by atoms with E-state index in [4.69, 9.17) is 24.7 Å². The number of halogens is 3. The third kappa shape index (κ3) is 13.6. The molecule has 21 heteroatoms. The van der Waals surface area contributed by atoms with Gasteiger partial charge in [-0.1, -0.05) is 37.3 Å². The molecule has 374 valence electrons. The molecule has 0 spiro atoms. The van der Waals surface area contributed by atoms with E-state index < -0.39 is 47.4 Å². The van der Waals surface area contributed by atoms with Gasteiger partial charge in [-0.25, -0.2) is 0 Å². The summed E-state index contributed by atoms with van der Waals surface area (Å²) in [5.41, 5.74) is 4.60. The number of aromatic nitrogens is 2. The molecule has 0 bridgehead atoms. The second-order valence-electron chi connectivity index (χ2n) is 17.7. The molecule has 6 atom stereocenters. The number of nitrogens with zero attached hydrogens (tertiary/aromatic N) is 3. The quantitative estimate of drug-likeness (QED) is 0.0906. The standard InChI is InChI=1S/C48H61F3N8O10/c1-29-40(42(69-47(29,2)48(49,50)51)46(65)58-35-14-17-54-37(25-35)43(52)62)31-8-6-30(7-9-31)27-56-44(63)32-10-12-34(13-11-32)57-38(60)15-19-66-21-23-68-24-22-67-20-18-55-45(64)36-26-39(61)59(3)41(36)33-5-4-16-53-28-33/h4-9,14,16-17,25,28-29,32,34,36,40-42H,10-13,15,18-24,26-27H2,1-3H3,(H2,52,62)(H,55,64)(H,56,63)(H,57,60)(H,54,58,65)/t29-,32?,34?,36-,40-,41+,42+,47+/m0/s1. The molecule has 18 nitrogen and oxygen atoms in total. The minimum atomic E-state index is -4.78. The number of anilines is 1. The van der Waals surface area contributed by atoms with Crippen molar-refractivity contribution in [2.24, 2.45) is 23.5 Å². The van der Waals surface area contributed by atoms with Crippen molar-refractivity contribution in [1.82, 2.24) is 30.8 Å². The molecule has 2 aromatic heterocycles. The van der Waals surface area contributed by atoms with E-state index in [1.54, 1.807) is 54.7 Å². The maximum absolute atomic E-state index is 14.4. The number of amides is 6. The molecule has 2 saturated heterocycles. The Morgan fingerprint density at radius 3 is 2.20 bits per heavy atom. The number of ether oxygens (including phenoxy) is 4. The van der Waals surface area contributed by atoms with Crippen LogP contribution in [0.1, 0.15) is 91.5 Å². The van der Waals surface area contributed by atoms with E-state index in [1.165, 1.54) is 25.3 Å². The molecule has 1 saturated carbocycles. The highest BCUT2D eigenvalue weighted by molar-refractivity contribution is 5.97. The third-order valence-corrected chi connectivity index (χ3v) is 13.2. The number of carbonyl (C=O) groups excluding carboxylic acids is 6. The lowest BCUT2D eigenvalue weighted by molar-refractivity contribution is -0.272. The second kappa shape index (κ2) is 24.0. The molecule has 6 N–H and O–H groups in total. The Labute approximate surface area is 398 Å². The van der Waals surface area contributed by atoms with Crippen molar-refractivity contribution in [1.29, 1.82) is 0 Å². The van der Waals surface area contributed by atoms with Crippen molar-refractivity contribution >= 4 is 41.1 Å². The molecule has 4 heterocycles. The van der Waals surface area contributed by atoms with Crippen LogP contribution in [0.2, 0.25) is 0 Å². The minimum Gasteiger partial charge on any atom is -0.379 e. The molecular formula is C48H61F3N8O10. The molecule has 3 fully saturated rings. The summed E-state index contributed by atoms with van der Waals surface area (Å²) in [6, 6.07) is 12.5. The Kier molecular flexibility index (Phi) is 18.2. The van der Waals surface area contributed by atoms with Crippen LogP contribution in [-0.2, 0) is 49.5 Å². The maximum Gasteiger partial charge on any atom is 0.417 e. The van der Waals surface area contributed by atoms with E-state index in [1.807, 2.05) is 6.07 Å². The zero-order valence-electron chi connectivity index (χ0n) is 38.9. The number of rotatable bonds is 22. The molecule has 6 amide bonds. The summed E-state index contributed by atoms with van der Waals surface area (Å²) in [6.07, 6.45) is 0.983. The molecule has 3 aromatic rings. The average molecular weight is 967 g/mol. The van der Waals surface area contributed by atoms with Gasteiger partial charge in [0.15, 0.2) is 5.60 Å². The van der Waals surface area contributed by atoms with Gasteiger partial charge < -0.3 is 50.8 Å². The molecule has 0 unspecified atom stereocenters. The number of pyridine rings is 2. The fourth-order valence-electron chi connectivity index (χ4n) is 9.10. The Morgan fingerprint density at radius 2 is 1.55 bits per heavy atom. The molecule has 3 aliphatic rings. The lowest BCUT2D eigenvalue weighted by atomic mass is 9.77. The number of nitrogens with two attached hydrogens (primary N) is 1. The Bertz CT molecular complexity index is 2250. The first-order valence-corrected chi connectivity index (χ1v) is 23.1. The number of primary amides is 1. The molecule has 1 aliphatic carbocycles. The van der Waals surface area contributed by atoms with Gasteiger partial charge in [0.05, 0.1) is 51.6 Å². The minimum absolute atomic E-state index is 0.0625. The highest BCUT2D eigenvalue weighted by Crippen LogP contribution is 2.53. The monoisotopic (exact) mass is 966 g/mol. The van der Waals surface area contributed by atoms with Crippen molar-refractivity contribution in [2.75, 3.05) is 58.6 Å². The van der Waals surface area contributed by atoms with Crippen LogP contribution >= 0.6 is 0 Å². The largest absolute Gasteiger partial charge is 0.417 e. The van der Waals surface area contributed by atoms with Crippen LogP contribution in [0.3, 0.4) is 0 Å². The zero-order chi connectivity index (χ0) is 49.7. The highest BCUT2D eigenvalue weighted by atomic mass is 19.4. The van der Waals surface area contributed by atoms with Crippen LogP contribution in [0.5, 0.6) is 0 Å².